The van der Waals surface area contributed by atoms with Crippen molar-refractivity contribution < 1.29 is 5.11 Å². The van der Waals surface area contributed by atoms with Crippen molar-refractivity contribution in [3.63, 3.8) is 0 Å². The van der Waals surface area contributed by atoms with Gasteiger partial charge in [-0.05, 0) is 35.9 Å². The molecule has 2 aromatic rings. The summed E-state index contributed by atoms with van der Waals surface area (Å²) < 4.78 is 0. The molecule has 3 rings (SSSR count). The largest absolute Gasteiger partial charge is 0.379 e. The van der Waals surface area contributed by atoms with Crippen molar-refractivity contribution >= 4 is 11.6 Å². The number of halogens is 1. The van der Waals surface area contributed by atoms with Crippen LogP contribution in [-0.4, -0.2) is 23.6 Å². The van der Waals surface area contributed by atoms with Crippen molar-refractivity contribution in [2.24, 2.45) is 0 Å². The summed E-state index contributed by atoms with van der Waals surface area (Å²) in [4.78, 5) is 2.14. The van der Waals surface area contributed by atoms with Crippen LogP contribution in [0.4, 0.5) is 0 Å². The summed E-state index contributed by atoms with van der Waals surface area (Å²) in [6, 6.07) is 15.5. The molecule has 0 fully saturated rings. The van der Waals surface area contributed by atoms with E-state index in [4.69, 9.17) is 11.6 Å². The molecule has 1 aliphatic rings. The predicted octanol–water partition coefficient (Wildman–Crippen LogP) is 3.02. The van der Waals surface area contributed by atoms with E-state index in [1.165, 1.54) is 5.56 Å². The average Bonchev–Trinajstić information content (AvgIpc) is 2.39. The molecule has 19 heavy (non-hydrogen) atoms. The Morgan fingerprint density at radius 3 is 2.53 bits per heavy atom. The van der Waals surface area contributed by atoms with Gasteiger partial charge in [0.25, 0.3) is 0 Å². The van der Waals surface area contributed by atoms with Crippen LogP contribution in [0, 0.1) is 0 Å². The van der Waals surface area contributed by atoms with E-state index in [1.807, 2.05) is 49.5 Å². The summed E-state index contributed by atoms with van der Waals surface area (Å²) in [5.74, 6) is 0. The fraction of sp³-hybridized carbons (Fsp3) is 0.250. The van der Waals surface area contributed by atoms with Crippen molar-refractivity contribution in [1.82, 2.24) is 4.90 Å². The normalized spacial score (nSPS) is 23.1. The molecule has 0 radical (unpaired) electrons. The first-order chi connectivity index (χ1) is 9.09. The Morgan fingerprint density at radius 2 is 1.79 bits per heavy atom. The number of rotatable bonds is 1. The zero-order valence-electron chi connectivity index (χ0n) is 10.8. The topological polar surface area (TPSA) is 23.5 Å². The number of β-amino-alcohol motifs (C(OH)–C–C–N with tert-alkyl or cyclic N) is 1. The van der Waals surface area contributed by atoms with Crippen molar-refractivity contribution in [1.29, 1.82) is 0 Å². The Labute approximate surface area is 118 Å². The number of hydrogen-bond acceptors (Lipinski definition) is 2. The van der Waals surface area contributed by atoms with Gasteiger partial charge in [-0.1, -0.05) is 48.0 Å². The molecule has 2 aromatic carbocycles. The summed E-state index contributed by atoms with van der Waals surface area (Å²) >= 11 is 5.93. The standard InChI is InChI=1S/C16H16ClNO/c1-18-10-12-4-2-3-5-15(12)16(19,11-18)13-6-8-14(17)9-7-13/h2-9,19H,10-11H2,1H3. The molecule has 98 valence electrons. The van der Waals surface area contributed by atoms with E-state index < -0.39 is 5.60 Å². The smallest absolute Gasteiger partial charge is 0.128 e. The van der Waals surface area contributed by atoms with Gasteiger partial charge in [0, 0.05) is 18.1 Å². The lowest BCUT2D eigenvalue weighted by molar-refractivity contribution is 0.0283. The van der Waals surface area contributed by atoms with Crippen molar-refractivity contribution in [3.8, 4) is 0 Å². The van der Waals surface area contributed by atoms with Gasteiger partial charge in [-0.25, -0.2) is 0 Å². The lowest BCUT2D eigenvalue weighted by atomic mass is 9.80. The van der Waals surface area contributed by atoms with E-state index in [0.29, 0.717) is 11.6 Å². The van der Waals surface area contributed by atoms with Gasteiger partial charge in [0.2, 0.25) is 0 Å². The second kappa shape index (κ2) is 4.64. The number of aliphatic hydroxyl groups is 1. The fourth-order valence-electron chi connectivity index (χ4n) is 2.86. The van der Waals surface area contributed by atoms with Crippen LogP contribution in [0.25, 0.3) is 0 Å². The molecule has 0 saturated heterocycles. The molecule has 3 heteroatoms. The molecule has 0 saturated carbocycles. The fourth-order valence-corrected chi connectivity index (χ4v) is 2.98. The van der Waals surface area contributed by atoms with Gasteiger partial charge < -0.3 is 5.11 Å². The summed E-state index contributed by atoms with van der Waals surface area (Å²) in [6.07, 6.45) is 0. The Bertz CT molecular complexity index is 596. The number of benzene rings is 2. The third-order valence-electron chi connectivity index (χ3n) is 3.72. The van der Waals surface area contributed by atoms with Gasteiger partial charge in [-0.2, -0.15) is 0 Å². The third-order valence-corrected chi connectivity index (χ3v) is 3.98. The van der Waals surface area contributed by atoms with Crippen LogP contribution >= 0.6 is 11.6 Å². The molecule has 1 aliphatic heterocycles. The van der Waals surface area contributed by atoms with Crippen LogP contribution in [0.1, 0.15) is 16.7 Å². The molecular weight excluding hydrogens is 258 g/mol. The van der Waals surface area contributed by atoms with Gasteiger partial charge in [0.1, 0.15) is 5.60 Å². The van der Waals surface area contributed by atoms with E-state index in [-0.39, 0.29) is 0 Å². The minimum absolute atomic E-state index is 0.589. The van der Waals surface area contributed by atoms with Crippen LogP contribution in [-0.2, 0) is 12.1 Å². The zero-order chi connectivity index (χ0) is 13.5. The first-order valence-corrected chi connectivity index (χ1v) is 6.73. The van der Waals surface area contributed by atoms with Crippen LogP contribution in [0.15, 0.2) is 48.5 Å². The van der Waals surface area contributed by atoms with Gasteiger partial charge in [0.05, 0.1) is 0 Å². The second-order valence-electron chi connectivity index (χ2n) is 5.20. The molecule has 0 bridgehead atoms. The van der Waals surface area contributed by atoms with Gasteiger partial charge >= 0.3 is 0 Å². The number of likely N-dealkylation sites (N-methyl/N-ethyl adjacent to an activating group) is 1. The van der Waals surface area contributed by atoms with E-state index >= 15 is 0 Å². The Balaban J connectivity index is 2.15. The van der Waals surface area contributed by atoms with Crippen molar-refractivity contribution in [2.45, 2.75) is 12.1 Å². The maximum Gasteiger partial charge on any atom is 0.128 e. The summed E-state index contributed by atoms with van der Waals surface area (Å²) in [5, 5.41) is 11.9. The van der Waals surface area contributed by atoms with Gasteiger partial charge in [-0.3, -0.25) is 4.90 Å². The Hall–Kier alpha value is -1.35. The summed E-state index contributed by atoms with van der Waals surface area (Å²) in [5.41, 5.74) is 2.09. The van der Waals surface area contributed by atoms with Crippen molar-refractivity contribution in [2.75, 3.05) is 13.6 Å². The predicted molar refractivity (Wildman–Crippen MR) is 77.2 cm³/mol. The monoisotopic (exact) mass is 273 g/mol. The number of hydrogen-bond donors (Lipinski definition) is 1. The van der Waals surface area contributed by atoms with Crippen LogP contribution in [0.3, 0.4) is 0 Å². The highest BCUT2D eigenvalue weighted by molar-refractivity contribution is 6.30. The highest BCUT2D eigenvalue weighted by Gasteiger charge is 2.37. The minimum atomic E-state index is -0.964. The first kappa shape index (κ1) is 12.7. The Morgan fingerprint density at radius 1 is 1.11 bits per heavy atom. The zero-order valence-corrected chi connectivity index (χ0v) is 11.6. The highest BCUT2D eigenvalue weighted by Crippen LogP contribution is 2.37. The number of fused-ring (bicyclic) bond motifs is 1. The van der Waals surface area contributed by atoms with E-state index in [9.17, 15) is 5.11 Å². The molecule has 0 amide bonds. The maximum atomic E-state index is 11.2. The minimum Gasteiger partial charge on any atom is -0.379 e. The highest BCUT2D eigenvalue weighted by atomic mass is 35.5. The van der Waals surface area contributed by atoms with Crippen LogP contribution in [0.5, 0.6) is 0 Å². The molecule has 1 N–H and O–H groups in total. The van der Waals surface area contributed by atoms with Gasteiger partial charge in [-0.15, -0.1) is 0 Å². The van der Waals surface area contributed by atoms with Gasteiger partial charge in [0.15, 0.2) is 0 Å². The molecule has 0 aliphatic carbocycles. The Kier molecular flexibility index (Phi) is 3.09. The quantitative estimate of drug-likeness (QED) is 0.863. The molecule has 0 aromatic heterocycles. The van der Waals surface area contributed by atoms with Crippen LogP contribution < -0.4 is 0 Å². The average molecular weight is 274 g/mol. The summed E-state index contributed by atoms with van der Waals surface area (Å²) in [7, 11) is 2.02. The van der Waals surface area contributed by atoms with Crippen molar-refractivity contribution in [3.05, 3.63) is 70.2 Å². The lowest BCUT2D eigenvalue weighted by Gasteiger charge is -2.39. The van der Waals surface area contributed by atoms with E-state index in [1.54, 1.807) is 0 Å². The molecule has 2 nitrogen and oxygen atoms in total. The first-order valence-electron chi connectivity index (χ1n) is 6.35. The molecular formula is C16H16ClNO. The SMILES string of the molecule is CN1Cc2ccccc2C(O)(c2ccc(Cl)cc2)C1. The summed E-state index contributed by atoms with van der Waals surface area (Å²) in [6.45, 7) is 1.46. The molecule has 1 heterocycles. The molecule has 1 atom stereocenters. The van der Waals surface area contributed by atoms with E-state index in [0.717, 1.165) is 17.7 Å². The molecule has 1 unspecified atom stereocenters. The maximum absolute atomic E-state index is 11.2. The second-order valence-corrected chi connectivity index (χ2v) is 5.63. The number of nitrogens with zero attached hydrogens (tertiary/aromatic N) is 1. The molecule has 0 spiro atoms. The van der Waals surface area contributed by atoms with Crippen LogP contribution in [0.2, 0.25) is 5.02 Å². The van der Waals surface area contributed by atoms with E-state index in [2.05, 4.69) is 11.0 Å². The third kappa shape index (κ3) is 2.16. The lowest BCUT2D eigenvalue weighted by Crippen LogP contribution is -2.44.